The van der Waals surface area contributed by atoms with E-state index in [1.165, 1.54) is 0 Å². The number of hydrogen-bond acceptors (Lipinski definition) is 4. The molecule has 0 unspecified atom stereocenters. The number of rotatable bonds is 5. The summed E-state index contributed by atoms with van der Waals surface area (Å²) in [7, 11) is 3.86. The number of carbonyl (C=O) groups excluding carboxylic acids is 2. The fourth-order valence-corrected chi connectivity index (χ4v) is 2.81. The van der Waals surface area contributed by atoms with Gasteiger partial charge in [0.05, 0.1) is 0 Å². The maximum atomic E-state index is 12.8. The minimum Gasteiger partial charge on any atom is -0.366 e. The van der Waals surface area contributed by atoms with Crippen LogP contribution in [0.15, 0.2) is 54.7 Å². The summed E-state index contributed by atoms with van der Waals surface area (Å²) in [4.78, 5) is 30.6. The lowest BCUT2D eigenvalue weighted by molar-refractivity contribution is 0.0995. The lowest BCUT2D eigenvalue weighted by atomic mass is 10.1. The van der Waals surface area contributed by atoms with Crippen molar-refractivity contribution in [3.05, 3.63) is 71.5 Å². The fourth-order valence-electron chi connectivity index (χ4n) is 2.81. The molecule has 0 radical (unpaired) electrons. The molecule has 0 bridgehead atoms. The first kappa shape index (κ1) is 17.6. The standard InChI is InChI=1S/C20H20N4O2/c1-24(2)12-15-8-7-14(19(21)25)11-17(15)23-20(26)18-16-6-4-3-5-13(16)9-10-22-18/h3-11H,12H2,1-2H3,(H2,21,25)(H,23,26). The highest BCUT2D eigenvalue weighted by Gasteiger charge is 2.15. The summed E-state index contributed by atoms with van der Waals surface area (Å²) >= 11 is 0. The lowest BCUT2D eigenvalue weighted by Gasteiger charge is -2.16. The molecule has 6 heteroatoms. The van der Waals surface area contributed by atoms with Crippen LogP contribution in [-0.2, 0) is 6.54 Å². The Labute approximate surface area is 151 Å². The monoisotopic (exact) mass is 348 g/mol. The van der Waals surface area contributed by atoms with E-state index < -0.39 is 5.91 Å². The molecule has 0 aliphatic heterocycles. The number of fused-ring (bicyclic) bond motifs is 1. The number of amides is 2. The van der Waals surface area contributed by atoms with Crippen molar-refractivity contribution in [2.24, 2.45) is 5.73 Å². The van der Waals surface area contributed by atoms with Crippen molar-refractivity contribution >= 4 is 28.3 Å². The van der Waals surface area contributed by atoms with Crippen molar-refractivity contribution in [2.45, 2.75) is 6.54 Å². The van der Waals surface area contributed by atoms with E-state index in [1.54, 1.807) is 24.4 Å². The van der Waals surface area contributed by atoms with Crippen molar-refractivity contribution in [1.29, 1.82) is 0 Å². The predicted molar refractivity (Wildman–Crippen MR) is 102 cm³/mol. The Morgan fingerprint density at radius 3 is 2.62 bits per heavy atom. The molecule has 26 heavy (non-hydrogen) atoms. The molecular weight excluding hydrogens is 328 g/mol. The molecule has 0 atom stereocenters. The number of primary amides is 1. The van der Waals surface area contributed by atoms with Gasteiger partial charge in [-0.25, -0.2) is 0 Å². The van der Waals surface area contributed by atoms with Gasteiger partial charge in [-0.15, -0.1) is 0 Å². The molecular formula is C20H20N4O2. The van der Waals surface area contributed by atoms with Crippen molar-refractivity contribution in [3.8, 4) is 0 Å². The molecule has 1 aromatic heterocycles. The molecule has 0 aliphatic carbocycles. The number of pyridine rings is 1. The van der Waals surface area contributed by atoms with E-state index in [1.807, 2.05) is 49.3 Å². The van der Waals surface area contributed by atoms with E-state index in [4.69, 9.17) is 5.73 Å². The molecule has 3 rings (SSSR count). The van der Waals surface area contributed by atoms with Gasteiger partial charge in [0.1, 0.15) is 5.69 Å². The van der Waals surface area contributed by atoms with Crippen molar-refractivity contribution in [3.63, 3.8) is 0 Å². The summed E-state index contributed by atoms with van der Waals surface area (Å²) in [5.41, 5.74) is 7.49. The van der Waals surface area contributed by atoms with Crippen molar-refractivity contribution in [2.75, 3.05) is 19.4 Å². The van der Waals surface area contributed by atoms with E-state index in [2.05, 4.69) is 10.3 Å². The van der Waals surface area contributed by atoms with Gasteiger partial charge in [-0.3, -0.25) is 14.6 Å². The zero-order chi connectivity index (χ0) is 18.7. The van der Waals surface area contributed by atoms with Crippen LogP contribution in [0.3, 0.4) is 0 Å². The average molecular weight is 348 g/mol. The van der Waals surface area contributed by atoms with Crippen molar-refractivity contribution < 1.29 is 9.59 Å². The second kappa shape index (κ2) is 7.33. The second-order valence-electron chi connectivity index (χ2n) is 6.31. The van der Waals surface area contributed by atoms with Gasteiger partial charge in [-0.1, -0.05) is 30.3 Å². The van der Waals surface area contributed by atoms with Crippen LogP contribution >= 0.6 is 0 Å². The highest BCUT2D eigenvalue weighted by molar-refractivity contribution is 6.11. The number of anilines is 1. The van der Waals surface area contributed by atoms with Crippen LogP contribution in [0.5, 0.6) is 0 Å². The van der Waals surface area contributed by atoms with Crippen LogP contribution in [0, 0.1) is 0 Å². The first-order chi connectivity index (χ1) is 12.5. The highest BCUT2D eigenvalue weighted by atomic mass is 16.2. The summed E-state index contributed by atoms with van der Waals surface area (Å²) in [5.74, 6) is -0.872. The quantitative estimate of drug-likeness (QED) is 0.742. The van der Waals surface area contributed by atoms with E-state index >= 15 is 0 Å². The lowest BCUT2D eigenvalue weighted by Crippen LogP contribution is -2.19. The maximum absolute atomic E-state index is 12.8. The van der Waals surface area contributed by atoms with Gasteiger partial charge in [0, 0.05) is 29.4 Å². The Bertz CT molecular complexity index is 977. The van der Waals surface area contributed by atoms with Gasteiger partial charge in [0.15, 0.2) is 0 Å². The van der Waals surface area contributed by atoms with Crippen molar-refractivity contribution in [1.82, 2.24) is 9.88 Å². The number of nitrogens with two attached hydrogens (primary N) is 1. The molecule has 2 aromatic carbocycles. The van der Waals surface area contributed by atoms with E-state index in [-0.39, 0.29) is 5.91 Å². The molecule has 0 saturated heterocycles. The van der Waals surface area contributed by atoms with Gasteiger partial charge in [-0.05, 0) is 43.2 Å². The molecule has 6 nitrogen and oxygen atoms in total. The van der Waals surface area contributed by atoms with Gasteiger partial charge < -0.3 is 16.0 Å². The summed E-state index contributed by atoms with van der Waals surface area (Å²) in [6.07, 6.45) is 1.61. The average Bonchev–Trinajstić information content (AvgIpc) is 2.62. The van der Waals surface area contributed by atoms with Gasteiger partial charge >= 0.3 is 0 Å². The Kier molecular flexibility index (Phi) is 4.95. The molecule has 1 heterocycles. The smallest absolute Gasteiger partial charge is 0.274 e. The van der Waals surface area contributed by atoms with Gasteiger partial charge in [0.25, 0.3) is 5.91 Å². The first-order valence-corrected chi connectivity index (χ1v) is 8.18. The van der Waals surface area contributed by atoms with Crippen LogP contribution in [0.25, 0.3) is 10.8 Å². The van der Waals surface area contributed by atoms with E-state index in [0.29, 0.717) is 23.5 Å². The molecule has 132 valence electrons. The number of hydrogen-bond donors (Lipinski definition) is 2. The van der Waals surface area contributed by atoms with Crippen LogP contribution in [-0.4, -0.2) is 35.8 Å². The van der Waals surface area contributed by atoms with Crippen LogP contribution < -0.4 is 11.1 Å². The largest absolute Gasteiger partial charge is 0.366 e. The Morgan fingerprint density at radius 1 is 1.12 bits per heavy atom. The Balaban J connectivity index is 1.99. The molecule has 0 spiro atoms. The second-order valence-corrected chi connectivity index (χ2v) is 6.31. The van der Waals surface area contributed by atoms with Gasteiger partial charge in [-0.2, -0.15) is 0 Å². The normalized spacial score (nSPS) is 10.9. The number of nitrogens with one attached hydrogen (secondary N) is 1. The Hall–Kier alpha value is -3.25. The molecule has 2 amide bonds. The number of aromatic nitrogens is 1. The third kappa shape index (κ3) is 3.70. The molecule has 0 saturated carbocycles. The number of benzene rings is 2. The highest BCUT2D eigenvalue weighted by Crippen LogP contribution is 2.22. The topological polar surface area (TPSA) is 88.3 Å². The van der Waals surface area contributed by atoms with Gasteiger partial charge in [0.2, 0.25) is 5.91 Å². The molecule has 3 aromatic rings. The summed E-state index contributed by atoms with van der Waals surface area (Å²) in [5, 5.41) is 4.59. The predicted octanol–water partition coefficient (Wildman–Crippen LogP) is 2.65. The third-order valence-corrected chi connectivity index (χ3v) is 4.02. The van der Waals surface area contributed by atoms with Crippen LogP contribution in [0.1, 0.15) is 26.4 Å². The summed E-state index contributed by atoms with van der Waals surface area (Å²) in [6.45, 7) is 0.609. The summed E-state index contributed by atoms with van der Waals surface area (Å²) in [6, 6.07) is 14.5. The molecule has 0 aliphatic rings. The first-order valence-electron chi connectivity index (χ1n) is 8.18. The molecule has 3 N–H and O–H groups in total. The maximum Gasteiger partial charge on any atom is 0.274 e. The van der Waals surface area contributed by atoms with Crippen LogP contribution in [0.2, 0.25) is 0 Å². The third-order valence-electron chi connectivity index (χ3n) is 4.02. The minimum atomic E-state index is -0.541. The number of nitrogens with zero attached hydrogens (tertiary/aromatic N) is 2. The zero-order valence-electron chi connectivity index (χ0n) is 14.7. The number of carbonyl (C=O) groups is 2. The summed E-state index contributed by atoms with van der Waals surface area (Å²) < 4.78 is 0. The zero-order valence-corrected chi connectivity index (χ0v) is 14.7. The molecule has 0 fully saturated rings. The fraction of sp³-hybridized carbons (Fsp3) is 0.150. The SMILES string of the molecule is CN(C)Cc1ccc(C(N)=O)cc1NC(=O)c1nccc2ccccc12. The Morgan fingerprint density at radius 2 is 1.88 bits per heavy atom. The van der Waals surface area contributed by atoms with Crippen LogP contribution in [0.4, 0.5) is 5.69 Å². The van der Waals surface area contributed by atoms with E-state index in [9.17, 15) is 9.59 Å². The van der Waals surface area contributed by atoms with E-state index in [0.717, 1.165) is 16.3 Å². The minimum absolute atomic E-state index is 0.330.